The molecule has 0 bridgehead atoms. The molecule has 0 saturated carbocycles. The Morgan fingerprint density at radius 1 is 0.698 bits per heavy atom. The molecule has 0 atom stereocenters. The Balaban J connectivity index is 1.58. The van der Waals surface area contributed by atoms with E-state index in [1.165, 1.54) is 0 Å². The lowest BCUT2D eigenvalue weighted by Crippen LogP contribution is -2.41. The van der Waals surface area contributed by atoms with Crippen molar-refractivity contribution in [2.24, 2.45) is 0 Å². The summed E-state index contributed by atoms with van der Waals surface area (Å²) in [4.78, 5) is 52.6. The van der Waals surface area contributed by atoms with Crippen molar-refractivity contribution in [1.82, 2.24) is 4.90 Å². The van der Waals surface area contributed by atoms with Crippen LogP contribution in [0.4, 0.5) is 0 Å². The third-order valence-electron chi connectivity index (χ3n) is 8.29. The number of carbonyl (C=O) groups is 4. The van der Waals surface area contributed by atoms with Gasteiger partial charge in [-0.05, 0) is 70.5 Å². The SMILES string of the molecule is CCCCOC(=O)c1ccc2c3ccc4c5c(ccc(c6ccc(OCCCC)c1c62)c53)C(=O)N(CCCC(=O)O)C4=O. The van der Waals surface area contributed by atoms with Crippen LogP contribution in [0.2, 0.25) is 0 Å². The smallest absolute Gasteiger partial charge is 0.338 e. The van der Waals surface area contributed by atoms with Crippen LogP contribution < -0.4 is 4.74 Å². The largest absolute Gasteiger partial charge is 0.493 e. The summed E-state index contributed by atoms with van der Waals surface area (Å²) >= 11 is 0. The van der Waals surface area contributed by atoms with E-state index in [9.17, 15) is 19.2 Å². The number of imide groups is 1. The van der Waals surface area contributed by atoms with Gasteiger partial charge < -0.3 is 14.6 Å². The van der Waals surface area contributed by atoms with Gasteiger partial charge in [-0.25, -0.2) is 4.79 Å². The highest BCUT2D eigenvalue weighted by Crippen LogP contribution is 2.46. The number of ether oxygens (including phenoxy) is 2. The molecular formula is C35H33NO7. The van der Waals surface area contributed by atoms with E-state index in [4.69, 9.17) is 14.6 Å². The second-order valence-corrected chi connectivity index (χ2v) is 11.0. The summed E-state index contributed by atoms with van der Waals surface area (Å²) in [6.45, 7) is 5.03. The monoisotopic (exact) mass is 579 g/mol. The number of esters is 1. The van der Waals surface area contributed by atoms with Gasteiger partial charge in [0.05, 0.1) is 18.8 Å². The number of aliphatic carboxylic acids is 1. The Morgan fingerprint density at radius 3 is 1.86 bits per heavy atom. The van der Waals surface area contributed by atoms with Crippen LogP contribution in [0, 0.1) is 0 Å². The van der Waals surface area contributed by atoms with E-state index < -0.39 is 23.8 Å². The molecule has 1 aliphatic rings. The van der Waals surface area contributed by atoms with Crippen LogP contribution >= 0.6 is 0 Å². The van der Waals surface area contributed by atoms with Crippen molar-refractivity contribution in [3.05, 3.63) is 65.2 Å². The normalized spacial score (nSPS) is 13.1. The molecule has 1 aliphatic heterocycles. The molecule has 0 unspecified atom stereocenters. The van der Waals surface area contributed by atoms with Crippen LogP contribution in [0.5, 0.6) is 5.75 Å². The molecule has 5 aromatic carbocycles. The van der Waals surface area contributed by atoms with Crippen LogP contribution in [0.15, 0.2) is 48.5 Å². The number of carboxylic acid groups (broad SMARTS) is 1. The third-order valence-corrected chi connectivity index (χ3v) is 8.29. The first-order chi connectivity index (χ1) is 20.9. The fourth-order valence-corrected chi connectivity index (χ4v) is 6.19. The number of hydrogen-bond donors (Lipinski definition) is 1. The molecule has 0 radical (unpaired) electrons. The average molecular weight is 580 g/mol. The molecule has 8 heteroatoms. The van der Waals surface area contributed by atoms with Gasteiger partial charge in [0.2, 0.25) is 0 Å². The van der Waals surface area contributed by atoms with Gasteiger partial charge in [-0.3, -0.25) is 19.3 Å². The number of benzene rings is 5. The predicted octanol–water partition coefficient (Wildman–Crippen LogP) is 7.33. The van der Waals surface area contributed by atoms with E-state index >= 15 is 0 Å². The minimum absolute atomic E-state index is 0.0362. The standard InChI is InChI=1S/C35H33NO7/c1-3-5-18-42-27-16-15-23-21-10-13-25-31-24(33(39)36(34(25)40)17-7-8-28(37)38)12-9-20(29(21)31)22-11-14-26(32(27)30(22)23)35(41)43-19-6-4-2/h9-16H,3-8,17-19H2,1-2H3,(H,37,38). The fraction of sp³-hybridized carbons (Fsp3) is 0.314. The van der Waals surface area contributed by atoms with Crippen LogP contribution in [0.3, 0.4) is 0 Å². The van der Waals surface area contributed by atoms with Gasteiger partial charge in [0.15, 0.2) is 0 Å². The summed E-state index contributed by atoms with van der Waals surface area (Å²) in [7, 11) is 0. The summed E-state index contributed by atoms with van der Waals surface area (Å²) < 4.78 is 11.9. The highest BCUT2D eigenvalue weighted by molar-refractivity contribution is 6.39. The predicted molar refractivity (Wildman–Crippen MR) is 165 cm³/mol. The summed E-state index contributed by atoms with van der Waals surface area (Å²) in [5.41, 5.74) is 1.28. The molecule has 220 valence electrons. The number of amides is 2. The molecule has 0 fully saturated rings. The van der Waals surface area contributed by atoms with E-state index in [1.54, 1.807) is 18.2 Å². The molecule has 6 rings (SSSR count). The highest BCUT2D eigenvalue weighted by atomic mass is 16.5. The fourth-order valence-electron chi connectivity index (χ4n) is 6.19. The average Bonchev–Trinajstić information content (AvgIpc) is 3.00. The Bertz CT molecular complexity index is 1860. The number of fused-ring (bicyclic) bond motifs is 2. The van der Waals surface area contributed by atoms with Crippen molar-refractivity contribution in [3.8, 4) is 5.75 Å². The Hall–Kier alpha value is -4.72. The first-order valence-electron chi connectivity index (χ1n) is 14.9. The van der Waals surface area contributed by atoms with Crippen molar-refractivity contribution in [2.75, 3.05) is 19.8 Å². The topological polar surface area (TPSA) is 110 Å². The zero-order valence-corrected chi connectivity index (χ0v) is 24.3. The summed E-state index contributed by atoms with van der Waals surface area (Å²) in [6.07, 6.45) is 3.60. The molecule has 8 nitrogen and oxygen atoms in total. The van der Waals surface area contributed by atoms with E-state index in [2.05, 4.69) is 6.92 Å². The summed E-state index contributed by atoms with van der Waals surface area (Å²) in [6, 6.07) is 14.9. The molecule has 2 amide bonds. The van der Waals surface area contributed by atoms with Crippen molar-refractivity contribution in [1.29, 1.82) is 0 Å². The number of nitrogens with zero attached hydrogens (tertiary/aromatic N) is 1. The second kappa shape index (κ2) is 11.5. The van der Waals surface area contributed by atoms with Gasteiger partial charge in [-0.1, -0.05) is 51.0 Å². The number of rotatable bonds is 12. The Morgan fingerprint density at radius 2 is 1.26 bits per heavy atom. The van der Waals surface area contributed by atoms with E-state index in [-0.39, 0.29) is 19.4 Å². The van der Waals surface area contributed by atoms with Gasteiger partial charge in [0.25, 0.3) is 11.8 Å². The first kappa shape index (κ1) is 28.4. The van der Waals surface area contributed by atoms with Gasteiger partial charge in [0.1, 0.15) is 5.75 Å². The third kappa shape index (κ3) is 4.71. The zero-order valence-electron chi connectivity index (χ0n) is 24.3. The summed E-state index contributed by atoms with van der Waals surface area (Å²) in [5, 5.41) is 15.5. The van der Waals surface area contributed by atoms with Crippen LogP contribution in [0.1, 0.15) is 83.4 Å². The molecule has 1 heterocycles. The second-order valence-electron chi connectivity index (χ2n) is 11.0. The minimum Gasteiger partial charge on any atom is -0.493 e. The van der Waals surface area contributed by atoms with E-state index in [0.29, 0.717) is 46.4 Å². The lowest BCUT2D eigenvalue weighted by atomic mass is 9.84. The maximum atomic E-state index is 13.5. The first-order valence-corrected chi connectivity index (χ1v) is 14.9. The maximum Gasteiger partial charge on any atom is 0.338 e. The van der Waals surface area contributed by atoms with Gasteiger partial charge in [-0.2, -0.15) is 0 Å². The van der Waals surface area contributed by atoms with Gasteiger partial charge >= 0.3 is 11.9 Å². The van der Waals surface area contributed by atoms with Crippen LogP contribution in [-0.2, 0) is 9.53 Å². The van der Waals surface area contributed by atoms with E-state index in [0.717, 1.165) is 62.9 Å². The van der Waals surface area contributed by atoms with Crippen LogP contribution in [-0.4, -0.2) is 53.5 Å². The zero-order chi connectivity index (χ0) is 30.2. The van der Waals surface area contributed by atoms with Crippen molar-refractivity contribution in [2.45, 2.75) is 52.4 Å². The highest BCUT2D eigenvalue weighted by Gasteiger charge is 2.34. The lowest BCUT2D eigenvalue weighted by Gasteiger charge is -2.28. The Labute approximate surface area is 248 Å². The van der Waals surface area contributed by atoms with Crippen molar-refractivity contribution >= 4 is 66.8 Å². The van der Waals surface area contributed by atoms with Crippen molar-refractivity contribution in [3.63, 3.8) is 0 Å². The van der Waals surface area contributed by atoms with E-state index in [1.807, 2.05) is 37.3 Å². The number of carboxylic acids is 1. The molecule has 0 aliphatic carbocycles. The summed E-state index contributed by atoms with van der Waals surface area (Å²) in [5.74, 6) is -1.60. The molecule has 0 saturated heterocycles. The lowest BCUT2D eigenvalue weighted by molar-refractivity contribution is -0.137. The quantitative estimate of drug-likeness (QED) is 0.0541. The molecule has 5 aromatic rings. The number of hydrogen-bond acceptors (Lipinski definition) is 6. The maximum absolute atomic E-state index is 13.5. The molecule has 0 spiro atoms. The van der Waals surface area contributed by atoms with Gasteiger partial charge in [-0.15, -0.1) is 0 Å². The van der Waals surface area contributed by atoms with Crippen molar-refractivity contribution < 1.29 is 33.8 Å². The molecule has 43 heavy (non-hydrogen) atoms. The van der Waals surface area contributed by atoms with Gasteiger partial charge in [0, 0.05) is 40.3 Å². The molecule has 1 N–H and O–H groups in total. The minimum atomic E-state index is -0.972. The number of carbonyl (C=O) groups excluding carboxylic acids is 3. The Kier molecular flexibility index (Phi) is 7.61. The molecule has 0 aromatic heterocycles. The number of unbranched alkanes of at least 4 members (excludes halogenated alkanes) is 2. The van der Waals surface area contributed by atoms with Crippen LogP contribution in [0.25, 0.3) is 43.1 Å². The molecular weight excluding hydrogens is 546 g/mol.